The molecule has 138 valence electrons. The van der Waals surface area contributed by atoms with E-state index in [0.717, 1.165) is 11.0 Å². The van der Waals surface area contributed by atoms with E-state index in [1.54, 1.807) is 39.5 Å². The lowest BCUT2D eigenvalue weighted by Crippen LogP contribution is -2.25. The van der Waals surface area contributed by atoms with E-state index in [9.17, 15) is 9.59 Å². The zero-order chi connectivity index (χ0) is 19.1. The van der Waals surface area contributed by atoms with Gasteiger partial charge in [0, 0.05) is 13.1 Å². The van der Waals surface area contributed by atoms with E-state index in [0.29, 0.717) is 22.9 Å². The predicted molar refractivity (Wildman–Crippen MR) is 98.9 cm³/mol. The Morgan fingerprint density at radius 1 is 1.04 bits per heavy atom. The first-order valence-electron chi connectivity index (χ1n) is 8.51. The number of fused-ring (bicyclic) bond motifs is 1. The van der Waals surface area contributed by atoms with E-state index in [1.165, 1.54) is 4.90 Å². The number of aromatic amines is 1. The lowest BCUT2D eigenvalue weighted by atomic mass is 9.97. The third-order valence-electron chi connectivity index (χ3n) is 4.91. The smallest absolute Gasteiger partial charge is 0.241 e. The molecule has 1 saturated heterocycles. The van der Waals surface area contributed by atoms with Crippen LogP contribution in [0.2, 0.25) is 0 Å². The number of imidazole rings is 1. The summed E-state index contributed by atoms with van der Waals surface area (Å²) in [5, 5.41) is 0. The third-order valence-corrected chi connectivity index (χ3v) is 4.91. The molecular weight excluding hydrogens is 346 g/mol. The molecule has 0 bridgehead atoms. The van der Waals surface area contributed by atoms with Crippen LogP contribution in [0.5, 0.6) is 11.5 Å². The number of methoxy groups -OCH3 is 2. The van der Waals surface area contributed by atoms with Gasteiger partial charge < -0.3 is 19.4 Å². The molecule has 1 amide bonds. The first-order chi connectivity index (χ1) is 13.0. The lowest BCUT2D eigenvalue weighted by molar-refractivity contribution is -0.129. The average molecular weight is 365 g/mol. The summed E-state index contributed by atoms with van der Waals surface area (Å²) >= 11 is 0. The summed E-state index contributed by atoms with van der Waals surface area (Å²) in [7, 11) is 4.71. The molecule has 0 aliphatic carbocycles. The maximum atomic E-state index is 13.2. The van der Waals surface area contributed by atoms with Crippen molar-refractivity contribution in [3.8, 4) is 11.5 Å². The van der Waals surface area contributed by atoms with Crippen molar-refractivity contribution in [2.75, 3.05) is 21.3 Å². The summed E-state index contributed by atoms with van der Waals surface area (Å²) in [6, 6.07) is 11.9. The largest absolute Gasteiger partial charge is 0.497 e. The highest BCUT2D eigenvalue weighted by molar-refractivity contribution is 6.14. The lowest BCUT2D eigenvalue weighted by Gasteiger charge is -2.19. The fraction of sp³-hybridized carbons (Fsp3) is 0.250. The number of carbonyl (C=O) groups excluding carboxylic acids is 2. The number of H-pyrrole nitrogens is 1. The number of Topliss-reactive ketones (excluding diaryl/α,β-unsaturated/α-hetero) is 1. The second kappa shape index (κ2) is 6.42. The van der Waals surface area contributed by atoms with E-state index < -0.39 is 12.0 Å². The van der Waals surface area contributed by atoms with Gasteiger partial charge in [-0.1, -0.05) is 12.1 Å². The number of ether oxygens (including phenoxy) is 2. The van der Waals surface area contributed by atoms with E-state index in [-0.39, 0.29) is 11.7 Å². The minimum Gasteiger partial charge on any atom is -0.497 e. The van der Waals surface area contributed by atoms with Gasteiger partial charge in [0.25, 0.3) is 0 Å². The fourth-order valence-corrected chi connectivity index (χ4v) is 3.54. The summed E-state index contributed by atoms with van der Waals surface area (Å²) in [5.74, 6) is 0.0260. The van der Waals surface area contributed by atoms with E-state index in [4.69, 9.17) is 9.47 Å². The van der Waals surface area contributed by atoms with E-state index in [2.05, 4.69) is 9.97 Å². The van der Waals surface area contributed by atoms with Gasteiger partial charge in [0.2, 0.25) is 5.91 Å². The summed E-state index contributed by atoms with van der Waals surface area (Å²) in [6.07, 6.45) is 0. The van der Waals surface area contributed by atoms with Gasteiger partial charge in [-0.15, -0.1) is 0 Å². The Kier molecular flexibility index (Phi) is 4.07. The highest BCUT2D eigenvalue weighted by Crippen LogP contribution is 2.39. The number of aromatic nitrogens is 2. The summed E-state index contributed by atoms with van der Waals surface area (Å²) in [6.45, 7) is 0. The normalized spacial score (nSPS) is 19.7. The summed E-state index contributed by atoms with van der Waals surface area (Å²) < 4.78 is 10.6. The van der Waals surface area contributed by atoms with Crippen LogP contribution in [0.15, 0.2) is 42.5 Å². The van der Waals surface area contributed by atoms with Crippen LogP contribution < -0.4 is 9.47 Å². The number of nitrogens with zero attached hydrogens (tertiary/aromatic N) is 2. The first-order valence-corrected chi connectivity index (χ1v) is 8.51. The number of likely N-dealkylation sites (N-methyl/N-ethyl adjacent to an activating group) is 1. The van der Waals surface area contributed by atoms with Gasteiger partial charge in [0.05, 0.1) is 25.3 Å². The van der Waals surface area contributed by atoms with Crippen molar-refractivity contribution in [1.82, 2.24) is 14.9 Å². The number of amides is 1. The minimum absolute atomic E-state index is 0.225. The number of benzene rings is 2. The summed E-state index contributed by atoms with van der Waals surface area (Å²) in [4.78, 5) is 35.1. The molecule has 0 saturated carbocycles. The molecule has 1 fully saturated rings. The molecule has 7 nitrogen and oxygen atoms in total. The number of para-hydroxylation sites is 2. The van der Waals surface area contributed by atoms with Crippen LogP contribution in [0, 0.1) is 0 Å². The Labute approximate surface area is 155 Å². The molecule has 1 aliphatic heterocycles. The Morgan fingerprint density at radius 2 is 1.70 bits per heavy atom. The zero-order valence-electron chi connectivity index (χ0n) is 15.2. The molecular formula is C20H19N3O4. The van der Waals surface area contributed by atoms with Crippen LogP contribution in [0.4, 0.5) is 0 Å². The number of rotatable bonds is 4. The number of likely N-dealkylation sites (tertiary alicyclic amines) is 1. The number of hydrogen-bond donors (Lipinski definition) is 1. The zero-order valence-corrected chi connectivity index (χ0v) is 15.2. The van der Waals surface area contributed by atoms with Crippen molar-refractivity contribution in [1.29, 1.82) is 0 Å². The molecule has 0 spiro atoms. The first kappa shape index (κ1) is 17.1. The number of ketones is 1. The molecule has 3 aromatic rings. The monoisotopic (exact) mass is 365 g/mol. The van der Waals surface area contributed by atoms with Crippen LogP contribution in [-0.2, 0) is 9.59 Å². The number of hydrogen-bond acceptors (Lipinski definition) is 5. The van der Waals surface area contributed by atoms with Gasteiger partial charge in [-0.2, -0.15) is 0 Å². The van der Waals surface area contributed by atoms with Gasteiger partial charge in [-0.3, -0.25) is 9.59 Å². The van der Waals surface area contributed by atoms with E-state index in [1.807, 2.05) is 24.3 Å². The minimum atomic E-state index is -0.954. The van der Waals surface area contributed by atoms with Crippen LogP contribution in [0.3, 0.4) is 0 Å². The maximum absolute atomic E-state index is 13.2. The Balaban J connectivity index is 1.76. The fourth-order valence-electron chi connectivity index (χ4n) is 3.54. The third kappa shape index (κ3) is 2.71. The van der Waals surface area contributed by atoms with Crippen molar-refractivity contribution in [3.63, 3.8) is 0 Å². The molecule has 27 heavy (non-hydrogen) atoms. The molecule has 2 atom stereocenters. The second-order valence-corrected chi connectivity index (χ2v) is 6.47. The molecule has 2 aromatic carbocycles. The van der Waals surface area contributed by atoms with Gasteiger partial charge in [-0.05, 0) is 29.8 Å². The van der Waals surface area contributed by atoms with Crippen molar-refractivity contribution >= 4 is 22.7 Å². The molecule has 2 heterocycles. The Morgan fingerprint density at radius 3 is 2.33 bits per heavy atom. The Hall–Kier alpha value is -3.35. The number of carbonyl (C=O) groups is 2. The molecule has 1 aromatic heterocycles. The molecule has 4 rings (SSSR count). The SMILES string of the molecule is COc1cc(OC)cc(C2C(=O)C(c3nc4ccccc4[nH]3)C(=O)N2C)c1. The highest BCUT2D eigenvalue weighted by atomic mass is 16.5. The van der Waals surface area contributed by atoms with Gasteiger partial charge >= 0.3 is 0 Å². The van der Waals surface area contributed by atoms with Crippen molar-refractivity contribution < 1.29 is 19.1 Å². The predicted octanol–water partition coefficient (Wildman–Crippen LogP) is 2.45. The summed E-state index contributed by atoms with van der Waals surface area (Å²) in [5.41, 5.74) is 2.16. The van der Waals surface area contributed by atoms with Crippen LogP contribution >= 0.6 is 0 Å². The van der Waals surface area contributed by atoms with Crippen molar-refractivity contribution in [2.45, 2.75) is 12.0 Å². The highest BCUT2D eigenvalue weighted by Gasteiger charge is 2.48. The quantitative estimate of drug-likeness (QED) is 0.718. The topological polar surface area (TPSA) is 84.5 Å². The Bertz CT molecular complexity index is 987. The molecule has 7 heteroatoms. The van der Waals surface area contributed by atoms with Gasteiger partial charge in [-0.25, -0.2) is 4.98 Å². The van der Waals surface area contributed by atoms with Crippen molar-refractivity contribution in [3.05, 3.63) is 53.9 Å². The average Bonchev–Trinajstić information content (AvgIpc) is 3.19. The van der Waals surface area contributed by atoms with E-state index >= 15 is 0 Å². The molecule has 0 radical (unpaired) electrons. The van der Waals surface area contributed by atoms with Crippen LogP contribution in [0.1, 0.15) is 23.3 Å². The van der Waals surface area contributed by atoms with Gasteiger partial charge in [0.15, 0.2) is 11.7 Å². The molecule has 1 N–H and O–H groups in total. The molecule has 2 unspecified atom stereocenters. The standard InChI is InChI=1S/C20H19N3O4/c1-23-17(11-8-12(26-2)10-13(9-11)27-3)18(24)16(20(23)25)19-21-14-6-4-5-7-15(14)22-19/h4-10,16-17H,1-3H3,(H,21,22). The molecule has 1 aliphatic rings. The number of nitrogens with one attached hydrogen (secondary N) is 1. The van der Waals surface area contributed by atoms with Crippen LogP contribution in [-0.4, -0.2) is 47.8 Å². The van der Waals surface area contributed by atoms with Crippen molar-refractivity contribution in [2.24, 2.45) is 0 Å². The second-order valence-electron chi connectivity index (χ2n) is 6.47. The maximum Gasteiger partial charge on any atom is 0.241 e. The van der Waals surface area contributed by atoms with Gasteiger partial charge in [0.1, 0.15) is 23.4 Å². The van der Waals surface area contributed by atoms with Crippen LogP contribution in [0.25, 0.3) is 11.0 Å².